The summed E-state index contributed by atoms with van der Waals surface area (Å²) in [7, 11) is 0. The molecule has 0 radical (unpaired) electrons. The number of piperidine rings is 1. The Hall–Kier alpha value is -2.03. The second kappa shape index (κ2) is 9.25. The van der Waals surface area contributed by atoms with Crippen LogP contribution in [0, 0.1) is 12.8 Å². The van der Waals surface area contributed by atoms with Gasteiger partial charge in [0.25, 0.3) is 5.91 Å². The maximum Gasteiger partial charge on any atom is 0.309 e. The Morgan fingerprint density at radius 2 is 1.78 bits per heavy atom. The van der Waals surface area contributed by atoms with Crippen LogP contribution in [0.5, 0.6) is 0 Å². The van der Waals surface area contributed by atoms with Gasteiger partial charge in [-0.25, -0.2) is 0 Å². The zero-order chi connectivity index (χ0) is 19.2. The second-order valence-electron chi connectivity index (χ2n) is 7.44. The van der Waals surface area contributed by atoms with Crippen LogP contribution in [-0.2, 0) is 9.59 Å². The van der Waals surface area contributed by atoms with E-state index in [-0.39, 0.29) is 17.9 Å². The Kier molecular flexibility index (Phi) is 6.76. The van der Waals surface area contributed by atoms with Crippen LogP contribution in [0.3, 0.4) is 0 Å². The highest BCUT2D eigenvalue weighted by atomic mass is 32.1. The lowest BCUT2D eigenvalue weighted by atomic mass is 9.95. The van der Waals surface area contributed by atoms with Crippen LogP contribution in [0.1, 0.15) is 60.3 Å². The summed E-state index contributed by atoms with van der Waals surface area (Å²) in [5.41, 5.74) is 0.670. The third-order valence-corrected chi connectivity index (χ3v) is 6.26. The fourth-order valence-electron chi connectivity index (χ4n) is 3.73. The molecule has 8 nitrogen and oxygen atoms in total. The fourth-order valence-corrected chi connectivity index (χ4v) is 4.35. The van der Waals surface area contributed by atoms with Gasteiger partial charge in [-0.3, -0.25) is 14.4 Å². The Morgan fingerprint density at radius 1 is 1.07 bits per heavy atom. The Labute approximate surface area is 163 Å². The van der Waals surface area contributed by atoms with Crippen molar-refractivity contribution in [1.29, 1.82) is 0 Å². The third kappa shape index (κ3) is 5.24. The molecule has 148 valence electrons. The maximum atomic E-state index is 12.5. The molecule has 0 aromatic carbocycles. The molecule has 2 aliphatic rings. The number of likely N-dealkylation sites (tertiary alicyclic amines) is 1. The minimum Gasteiger partial charge on any atom is -0.348 e. The molecule has 3 rings (SSSR count). The predicted molar refractivity (Wildman–Crippen MR) is 101 cm³/mol. The predicted octanol–water partition coefficient (Wildman–Crippen LogP) is 1.26. The molecule has 0 unspecified atom stereocenters. The first-order valence-corrected chi connectivity index (χ1v) is 10.5. The van der Waals surface area contributed by atoms with Crippen LogP contribution in [0.2, 0.25) is 0 Å². The maximum absolute atomic E-state index is 12.5. The van der Waals surface area contributed by atoms with Crippen LogP contribution in [0.15, 0.2) is 0 Å². The SMILES string of the molecule is Cc1nnsc1C(=O)N1CCC(CNC(=O)C(=O)NC2CCCCC2)CC1. The molecule has 0 bridgehead atoms. The molecular formula is C18H27N5O3S. The van der Waals surface area contributed by atoms with Crippen molar-refractivity contribution in [2.24, 2.45) is 5.92 Å². The lowest BCUT2D eigenvalue weighted by molar-refractivity contribution is -0.139. The average molecular weight is 394 g/mol. The van der Waals surface area contributed by atoms with E-state index in [1.54, 1.807) is 6.92 Å². The molecule has 9 heteroatoms. The molecule has 3 amide bonds. The summed E-state index contributed by atoms with van der Waals surface area (Å²) in [5.74, 6) is -0.814. The quantitative estimate of drug-likeness (QED) is 0.750. The lowest BCUT2D eigenvalue weighted by Crippen LogP contribution is -2.47. The summed E-state index contributed by atoms with van der Waals surface area (Å²) in [5, 5.41) is 9.48. The fraction of sp³-hybridized carbons (Fsp3) is 0.722. The molecular weight excluding hydrogens is 366 g/mol. The van der Waals surface area contributed by atoms with Gasteiger partial charge in [0.2, 0.25) is 0 Å². The molecule has 1 aromatic rings. The van der Waals surface area contributed by atoms with Crippen molar-refractivity contribution in [1.82, 2.24) is 25.1 Å². The number of carbonyl (C=O) groups is 3. The van der Waals surface area contributed by atoms with Gasteiger partial charge in [-0.15, -0.1) is 5.10 Å². The second-order valence-corrected chi connectivity index (χ2v) is 8.20. The molecule has 1 aliphatic carbocycles. The van der Waals surface area contributed by atoms with Crippen molar-refractivity contribution in [3.8, 4) is 0 Å². The molecule has 1 aromatic heterocycles. The van der Waals surface area contributed by atoms with Gasteiger partial charge >= 0.3 is 11.8 Å². The number of hydrogen-bond acceptors (Lipinski definition) is 6. The Balaban J connectivity index is 1.37. The highest BCUT2D eigenvalue weighted by Gasteiger charge is 2.27. The van der Waals surface area contributed by atoms with E-state index >= 15 is 0 Å². The van der Waals surface area contributed by atoms with Crippen molar-refractivity contribution in [3.05, 3.63) is 10.6 Å². The highest BCUT2D eigenvalue weighted by Crippen LogP contribution is 2.21. The van der Waals surface area contributed by atoms with Crippen LogP contribution in [-0.4, -0.2) is 57.9 Å². The standard InChI is InChI=1S/C18H27N5O3S/c1-12-15(27-22-21-12)18(26)23-9-7-13(8-10-23)11-19-16(24)17(25)20-14-5-3-2-4-6-14/h13-14H,2-11H2,1H3,(H,19,24)(H,20,25). The third-order valence-electron chi connectivity index (χ3n) is 5.45. The first kappa shape index (κ1) is 19.7. The molecule has 0 spiro atoms. The minimum absolute atomic E-state index is 0.0168. The highest BCUT2D eigenvalue weighted by molar-refractivity contribution is 7.07. The number of amides is 3. The lowest BCUT2D eigenvalue weighted by Gasteiger charge is -2.31. The molecule has 0 atom stereocenters. The summed E-state index contributed by atoms with van der Waals surface area (Å²) < 4.78 is 3.82. The average Bonchev–Trinajstić information content (AvgIpc) is 3.12. The van der Waals surface area contributed by atoms with E-state index < -0.39 is 11.8 Å². The van der Waals surface area contributed by atoms with E-state index in [1.807, 2.05) is 4.90 Å². The number of aromatic nitrogens is 2. The van der Waals surface area contributed by atoms with Crippen LogP contribution in [0.25, 0.3) is 0 Å². The molecule has 1 aliphatic heterocycles. The van der Waals surface area contributed by atoms with E-state index in [4.69, 9.17) is 0 Å². The van der Waals surface area contributed by atoms with Crippen molar-refractivity contribution >= 4 is 29.3 Å². The van der Waals surface area contributed by atoms with E-state index in [1.165, 1.54) is 6.42 Å². The summed E-state index contributed by atoms with van der Waals surface area (Å²) in [6, 6.07) is 0.135. The van der Waals surface area contributed by atoms with E-state index in [0.29, 0.717) is 30.2 Å². The van der Waals surface area contributed by atoms with Gasteiger partial charge in [-0.05, 0) is 50.1 Å². The van der Waals surface area contributed by atoms with Gasteiger partial charge in [0, 0.05) is 25.7 Å². The molecule has 2 fully saturated rings. The van der Waals surface area contributed by atoms with E-state index in [2.05, 4.69) is 20.2 Å². The molecule has 1 saturated carbocycles. The Morgan fingerprint density at radius 3 is 2.41 bits per heavy atom. The van der Waals surface area contributed by atoms with Crippen LogP contribution in [0.4, 0.5) is 0 Å². The number of nitrogens with one attached hydrogen (secondary N) is 2. The van der Waals surface area contributed by atoms with Gasteiger partial charge < -0.3 is 15.5 Å². The number of carbonyl (C=O) groups excluding carboxylic acids is 3. The van der Waals surface area contributed by atoms with Crippen molar-refractivity contribution in [3.63, 3.8) is 0 Å². The minimum atomic E-state index is -0.551. The summed E-state index contributed by atoms with van der Waals surface area (Å²) in [6.07, 6.45) is 6.96. The summed E-state index contributed by atoms with van der Waals surface area (Å²) in [4.78, 5) is 38.9. The number of aryl methyl sites for hydroxylation is 1. The molecule has 2 N–H and O–H groups in total. The van der Waals surface area contributed by atoms with E-state index in [9.17, 15) is 14.4 Å². The largest absolute Gasteiger partial charge is 0.348 e. The zero-order valence-electron chi connectivity index (χ0n) is 15.7. The number of nitrogens with zero attached hydrogens (tertiary/aromatic N) is 3. The Bertz CT molecular complexity index is 678. The number of rotatable bonds is 4. The zero-order valence-corrected chi connectivity index (χ0v) is 16.5. The van der Waals surface area contributed by atoms with Crippen LogP contribution < -0.4 is 10.6 Å². The van der Waals surface area contributed by atoms with Crippen molar-refractivity contribution in [2.45, 2.75) is 57.9 Å². The van der Waals surface area contributed by atoms with E-state index in [0.717, 1.165) is 50.1 Å². The normalized spacial score (nSPS) is 18.9. The van der Waals surface area contributed by atoms with Crippen molar-refractivity contribution < 1.29 is 14.4 Å². The molecule has 2 heterocycles. The topological polar surface area (TPSA) is 104 Å². The summed E-state index contributed by atoms with van der Waals surface area (Å²) >= 11 is 1.13. The smallest absolute Gasteiger partial charge is 0.309 e. The van der Waals surface area contributed by atoms with Crippen LogP contribution >= 0.6 is 11.5 Å². The van der Waals surface area contributed by atoms with Crippen molar-refractivity contribution in [2.75, 3.05) is 19.6 Å². The summed E-state index contributed by atoms with van der Waals surface area (Å²) in [6.45, 7) is 3.55. The number of hydrogen-bond donors (Lipinski definition) is 2. The molecule has 27 heavy (non-hydrogen) atoms. The van der Waals surface area contributed by atoms with Gasteiger partial charge in [0.15, 0.2) is 0 Å². The first-order valence-electron chi connectivity index (χ1n) is 9.71. The van der Waals surface area contributed by atoms with Gasteiger partial charge in [0.05, 0.1) is 5.69 Å². The molecule has 1 saturated heterocycles. The monoisotopic (exact) mass is 393 g/mol. The first-order chi connectivity index (χ1) is 13.0. The van der Waals surface area contributed by atoms with Gasteiger partial charge in [-0.2, -0.15) is 0 Å². The van der Waals surface area contributed by atoms with Gasteiger partial charge in [0.1, 0.15) is 4.88 Å². The van der Waals surface area contributed by atoms with Gasteiger partial charge in [-0.1, -0.05) is 23.8 Å².